The largest absolute Gasteiger partial charge is 0.355 e. The summed E-state index contributed by atoms with van der Waals surface area (Å²) in [7, 11) is 0. The zero-order valence-corrected chi connectivity index (χ0v) is 20.3. The minimum Gasteiger partial charge on any atom is -0.355 e. The van der Waals surface area contributed by atoms with Crippen LogP contribution in [0, 0.1) is 27.7 Å². The van der Waals surface area contributed by atoms with E-state index in [1.807, 2.05) is 56.4 Å². The van der Waals surface area contributed by atoms with Crippen molar-refractivity contribution in [1.82, 2.24) is 4.98 Å². The molecular formula is C30H31N3O. The predicted molar refractivity (Wildman–Crippen MR) is 141 cm³/mol. The quantitative estimate of drug-likeness (QED) is 0.312. The van der Waals surface area contributed by atoms with Gasteiger partial charge in [0.05, 0.1) is 5.69 Å². The number of hydrogen-bond donors (Lipinski definition) is 2. The van der Waals surface area contributed by atoms with Crippen molar-refractivity contribution >= 4 is 17.2 Å². The number of carbonyl (C=O) groups excluding carboxylic acids is 1. The molecular weight excluding hydrogens is 418 g/mol. The topological polar surface area (TPSA) is 68.0 Å². The van der Waals surface area contributed by atoms with Gasteiger partial charge in [0.2, 0.25) is 0 Å². The normalized spacial score (nSPS) is 10.9. The number of benzene rings is 3. The number of hydrogen-bond acceptors (Lipinski definition) is 4. The Hall–Kier alpha value is -3.76. The number of nitrogens with two attached hydrogens (primary N) is 1. The summed E-state index contributed by atoms with van der Waals surface area (Å²) >= 11 is 0. The maximum absolute atomic E-state index is 13.3. The maximum atomic E-state index is 13.3. The van der Waals surface area contributed by atoms with Crippen molar-refractivity contribution in [2.45, 2.75) is 40.7 Å². The van der Waals surface area contributed by atoms with Crippen LogP contribution in [-0.2, 0) is 13.0 Å². The van der Waals surface area contributed by atoms with Crippen LogP contribution in [0.1, 0.15) is 43.7 Å². The van der Waals surface area contributed by atoms with Gasteiger partial charge in [0.1, 0.15) is 0 Å². The van der Waals surface area contributed by atoms with Gasteiger partial charge in [-0.3, -0.25) is 9.78 Å². The van der Waals surface area contributed by atoms with E-state index in [1.165, 1.54) is 11.1 Å². The van der Waals surface area contributed by atoms with Crippen molar-refractivity contribution in [3.8, 4) is 11.1 Å². The molecule has 0 aliphatic heterocycles. The Balaban J connectivity index is 1.81. The lowest BCUT2D eigenvalue weighted by Gasteiger charge is -2.18. The second kappa shape index (κ2) is 10.0. The van der Waals surface area contributed by atoms with Gasteiger partial charge in [-0.1, -0.05) is 58.7 Å². The number of pyridine rings is 1. The Morgan fingerprint density at radius 2 is 1.50 bits per heavy atom. The molecule has 0 fully saturated rings. The molecule has 0 amide bonds. The molecule has 0 atom stereocenters. The van der Waals surface area contributed by atoms with Gasteiger partial charge < -0.3 is 11.1 Å². The smallest absolute Gasteiger partial charge is 0.167 e. The molecule has 0 radical (unpaired) electrons. The first-order chi connectivity index (χ1) is 16.3. The first-order valence-corrected chi connectivity index (χ1v) is 11.6. The van der Waals surface area contributed by atoms with E-state index in [0.717, 1.165) is 50.3 Å². The zero-order valence-electron chi connectivity index (χ0n) is 20.3. The minimum absolute atomic E-state index is 0.0740. The Labute approximate surface area is 201 Å². The summed E-state index contributed by atoms with van der Waals surface area (Å²) < 4.78 is 0. The summed E-state index contributed by atoms with van der Waals surface area (Å²) in [6.45, 7) is 8.69. The van der Waals surface area contributed by atoms with Crippen molar-refractivity contribution < 1.29 is 4.79 Å². The van der Waals surface area contributed by atoms with Gasteiger partial charge >= 0.3 is 0 Å². The number of carbonyl (C=O) groups is 1. The number of ketones is 1. The molecule has 0 unspecified atom stereocenters. The highest BCUT2D eigenvalue weighted by atomic mass is 16.1. The molecule has 4 rings (SSSR count). The fourth-order valence-electron chi connectivity index (χ4n) is 4.47. The van der Waals surface area contributed by atoms with Gasteiger partial charge in [-0.15, -0.1) is 0 Å². The van der Waals surface area contributed by atoms with E-state index in [2.05, 4.69) is 48.4 Å². The number of aryl methyl sites for hydroxylation is 4. The van der Waals surface area contributed by atoms with Crippen LogP contribution in [0.4, 0.5) is 11.4 Å². The first kappa shape index (κ1) is 23.4. The Bertz CT molecular complexity index is 1320. The third-order valence-electron chi connectivity index (χ3n) is 5.88. The average Bonchev–Trinajstić information content (AvgIpc) is 2.79. The van der Waals surface area contributed by atoms with Crippen LogP contribution < -0.4 is 11.1 Å². The second-order valence-electron chi connectivity index (χ2n) is 9.10. The molecule has 34 heavy (non-hydrogen) atoms. The fourth-order valence-corrected chi connectivity index (χ4v) is 4.47. The number of anilines is 2. The summed E-state index contributed by atoms with van der Waals surface area (Å²) in [5, 5.41) is 3.59. The maximum Gasteiger partial charge on any atom is 0.167 e. The van der Waals surface area contributed by atoms with Crippen molar-refractivity contribution in [2.24, 2.45) is 5.73 Å². The third-order valence-corrected chi connectivity index (χ3v) is 5.88. The van der Waals surface area contributed by atoms with Crippen LogP contribution in [0.25, 0.3) is 11.1 Å². The van der Waals surface area contributed by atoms with Crippen molar-refractivity contribution in [3.63, 3.8) is 0 Å². The molecule has 0 aliphatic rings. The third kappa shape index (κ3) is 5.41. The molecule has 4 nitrogen and oxygen atoms in total. The van der Waals surface area contributed by atoms with Crippen LogP contribution >= 0.6 is 0 Å². The summed E-state index contributed by atoms with van der Waals surface area (Å²) in [4.78, 5) is 17.8. The first-order valence-electron chi connectivity index (χ1n) is 11.6. The number of nitrogens with zero attached hydrogens (tertiary/aromatic N) is 1. The van der Waals surface area contributed by atoms with Crippen LogP contribution in [0.2, 0.25) is 0 Å². The summed E-state index contributed by atoms with van der Waals surface area (Å²) in [6, 6.07) is 20.5. The van der Waals surface area contributed by atoms with E-state index in [-0.39, 0.29) is 12.2 Å². The second-order valence-corrected chi connectivity index (χ2v) is 9.10. The zero-order chi connectivity index (χ0) is 24.2. The highest BCUT2D eigenvalue weighted by Gasteiger charge is 2.17. The van der Waals surface area contributed by atoms with Crippen molar-refractivity contribution in [3.05, 3.63) is 112 Å². The number of Topliss-reactive ketones (excluding diaryl/α,β-unsaturated/α-hetero) is 1. The molecule has 3 aromatic carbocycles. The van der Waals surface area contributed by atoms with E-state index in [4.69, 9.17) is 5.73 Å². The van der Waals surface area contributed by atoms with Gasteiger partial charge in [0.25, 0.3) is 0 Å². The molecule has 1 heterocycles. The van der Waals surface area contributed by atoms with Gasteiger partial charge in [0, 0.05) is 47.7 Å². The van der Waals surface area contributed by atoms with Gasteiger partial charge in [-0.2, -0.15) is 0 Å². The monoisotopic (exact) mass is 449 g/mol. The van der Waals surface area contributed by atoms with Crippen LogP contribution in [-0.4, -0.2) is 10.8 Å². The van der Waals surface area contributed by atoms with E-state index < -0.39 is 0 Å². The molecule has 4 heteroatoms. The number of aromatic nitrogens is 1. The molecule has 0 aliphatic carbocycles. The van der Waals surface area contributed by atoms with Gasteiger partial charge in [-0.25, -0.2) is 0 Å². The predicted octanol–water partition coefficient (Wildman–Crippen LogP) is 6.61. The Kier molecular flexibility index (Phi) is 6.90. The number of nitrogens with one attached hydrogen (secondary N) is 1. The highest BCUT2D eigenvalue weighted by Crippen LogP contribution is 2.34. The Morgan fingerprint density at radius 3 is 2.15 bits per heavy atom. The molecule has 1 aromatic heterocycles. The van der Waals surface area contributed by atoms with Crippen LogP contribution in [0.15, 0.2) is 73.1 Å². The van der Waals surface area contributed by atoms with E-state index >= 15 is 0 Å². The lowest BCUT2D eigenvalue weighted by atomic mass is 9.95. The van der Waals surface area contributed by atoms with Crippen LogP contribution in [0.5, 0.6) is 0 Å². The SMILES string of the molecule is Cc1cc(C)cc(C(=O)Cc2cncc(-c3cc(C)cc(C)c3)c2Nc2cccc(CN)c2)c1. The number of rotatable bonds is 7. The standard InChI is InChI=1S/C30H31N3O/c1-19-8-20(2)11-24(10-19)28-18-32-17-26(15-29(34)25-12-21(3)9-22(4)13-25)30(28)33-27-7-5-6-23(14-27)16-31/h5-14,17-18H,15-16,31H2,1-4H3,(H,32,33). The molecule has 3 N–H and O–H groups in total. The fraction of sp³-hybridized carbons (Fsp3) is 0.200. The lowest BCUT2D eigenvalue weighted by Crippen LogP contribution is -2.08. The highest BCUT2D eigenvalue weighted by molar-refractivity contribution is 5.99. The van der Waals surface area contributed by atoms with E-state index in [9.17, 15) is 4.79 Å². The van der Waals surface area contributed by atoms with E-state index in [1.54, 1.807) is 6.20 Å². The van der Waals surface area contributed by atoms with Gasteiger partial charge in [-0.05, 0) is 63.1 Å². The minimum atomic E-state index is 0.0740. The lowest BCUT2D eigenvalue weighted by molar-refractivity contribution is 0.0993. The average molecular weight is 450 g/mol. The molecule has 0 saturated carbocycles. The summed E-state index contributed by atoms with van der Waals surface area (Å²) in [6.07, 6.45) is 3.92. The molecule has 0 bridgehead atoms. The summed E-state index contributed by atoms with van der Waals surface area (Å²) in [5.41, 5.74) is 16.9. The van der Waals surface area contributed by atoms with Crippen molar-refractivity contribution in [1.29, 1.82) is 0 Å². The Morgan fingerprint density at radius 1 is 0.853 bits per heavy atom. The van der Waals surface area contributed by atoms with E-state index in [0.29, 0.717) is 6.54 Å². The van der Waals surface area contributed by atoms with Crippen LogP contribution in [0.3, 0.4) is 0 Å². The molecule has 0 saturated heterocycles. The molecule has 4 aromatic rings. The van der Waals surface area contributed by atoms with Crippen molar-refractivity contribution in [2.75, 3.05) is 5.32 Å². The molecule has 0 spiro atoms. The molecule has 172 valence electrons. The van der Waals surface area contributed by atoms with Gasteiger partial charge in [0.15, 0.2) is 5.78 Å². The summed E-state index contributed by atoms with van der Waals surface area (Å²) in [5.74, 6) is 0.0740.